The summed E-state index contributed by atoms with van der Waals surface area (Å²) >= 11 is 0. The first-order chi connectivity index (χ1) is 6.64. The third-order valence-corrected chi connectivity index (χ3v) is 4.03. The third kappa shape index (κ3) is 1.44. The molecule has 3 heteroatoms. The molecule has 0 aliphatic heterocycles. The summed E-state index contributed by atoms with van der Waals surface area (Å²) in [7, 11) is 0. The first-order valence-corrected chi connectivity index (χ1v) is 5.60. The molecule has 0 unspecified atom stereocenters. The van der Waals surface area contributed by atoms with Gasteiger partial charge < -0.3 is 10.2 Å². The highest BCUT2D eigenvalue weighted by Crippen LogP contribution is 2.46. The van der Waals surface area contributed by atoms with Crippen molar-refractivity contribution in [2.45, 2.75) is 50.5 Å². The Morgan fingerprint density at radius 2 is 1.79 bits per heavy atom. The van der Waals surface area contributed by atoms with Gasteiger partial charge in [-0.25, -0.2) is 4.79 Å². The summed E-state index contributed by atoms with van der Waals surface area (Å²) in [6.45, 7) is 0. The standard InChI is InChI=1S/C11H18O3/c12-10(13)11(14)7-3-5-8-4-1-2-6-9(8)11/h8-9,14H,1-7H2,(H,12,13)/t8-,9-,11+/m0/s1. The van der Waals surface area contributed by atoms with Gasteiger partial charge in [-0.2, -0.15) is 0 Å². The van der Waals surface area contributed by atoms with E-state index in [1.165, 1.54) is 6.42 Å². The lowest BCUT2D eigenvalue weighted by molar-refractivity contribution is -0.175. The first-order valence-electron chi connectivity index (χ1n) is 5.60. The van der Waals surface area contributed by atoms with Crippen molar-refractivity contribution in [1.82, 2.24) is 0 Å². The van der Waals surface area contributed by atoms with E-state index >= 15 is 0 Å². The summed E-state index contributed by atoms with van der Waals surface area (Å²) in [6.07, 6.45) is 6.72. The summed E-state index contributed by atoms with van der Waals surface area (Å²) in [5.41, 5.74) is -1.41. The van der Waals surface area contributed by atoms with Gasteiger partial charge in [0, 0.05) is 5.92 Å². The van der Waals surface area contributed by atoms with E-state index in [9.17, 15) is 9.90 Å². The zero-order valence-corrected chi connectivity index (χ0v) is 8.41. The average Bonchev–Trinajstić information content (AvgIpc) is 2.18. The Kier molecular flexibility index (Phi) is 2.52. The molecule has 0 heterocycles. The van der Waals surface area contributed by atoms with Gasteiger partial charge in [-0.05, 0) is 31.6 Å². The van der Waals surface area contributed by atoms with Crippen molar-refractivity contribution in [2.24, 2.45) is 11.8 Å². The van der Waals surface area contributed by atoms with Crippen molar-refractivity contribution in [3.05, 3.63) is 0 Å². The summed E-state index contributed by atoms with van der Waals surface area (Å²) in [6, 6.07) is 0. The molecule has 2 aliphatic carbocycles. The highest BCUT2D eigenvalue weighted by atomic mass is 16.4. The molecule has 2 fully saturated rings. The number of hydrogen-bond donors (Lipinski definition) is 2. The quantitative estimate of drug-likeness (QED) is 0.675. The smallest absolute Gasteiger partial charge is 0.335 e. The molecular formula is C11H18O3. The van der Waals surface area contributed by atoms with E-state index in [0.717, 1.165) is 32.1 Å². The van der Waals surface area contributed by atoms with Gasteiger partial charge in [0.05, 0.1) is 0 Å². The predicted molar refractivity (Wildman–Crippen MR) is 51.9 cm³/mol. The average molecular weight is 198 g/mol. The largest absolute Gasteiger partial charge is 0.479 e. The van der Waals surface area contributed by atoms with E-state index in [0.29, 0.717) is 12.3 Å². The van der Waals surface area contributed by atoms with E-state index in [-0.39, 0.29) is 5.92 Å². The van der Waals surface area contributed by atoms with Gasteiger partial charge in [0.15, 0.2) is 5.60 Å². The van der Waals surface area contributed by atoms with Gasteiger partial charge >= 0.3 is 5.97 Å². The zero-order valence-electron chi connectivity index (χ0n) is 8.41. The van der Waals surface area contributed by atoms with Crippen LogP contribution in [0.1, 0.15) is 44.9 Å². The highest BCUT2D eigenvalue weighted by Gasteiger charge is 2.50. The number of fused-ring (bicyclic) bond motifs is 1. The molecule has 0 radical (unpaired) electrons. The summed E-state index contributed by atoms with van der Waals surface area (Å²) in [5, 5.41) is 19.2. The molecule has 2 aliphatic rings. The van der Waals surface area contributed by atoms with E-state index in [1.54, 1.807) is 0 Å². The minimum absolute atomic E-state index is 0.0162. The maximum absolute atomic E-state index is 11.1. The second kappa shape index (κ2) is 3.54. The van der Waals surface area contributed by atoms with E-state index in [1.807, 2.05) is 0 Å². The molecule has 0 spiro atoms. The van der Waals surface area contributed by atoms with Crippen molar-refractivity contribution in [2.75, 3.05) is 0 Å². The van der Waals surface area contributed by atoms with Crippen molar-refractivity contribution >= 4 is 5.97 Å². The molecule has 3 nitrogen and oxygen atoms in total. The highest BCUT2D eigenvalue weighted by molar-refractivity contribution is 5.77. The zero-order chi connectivity index (χ0) is 10.2. The number of hydrogen-bond acceptors (Lipinski definition) is 2. The van der Waals surface area contributed by atoms with Gasteiger partial charge in [0.25, 0.3) is 0 Å². The van der Waals surface area contributed by atoms with Crippen LogP contribution in [0.2, 0.25) is 0 Å². The Balaban J connectivity index is 2.20. The molecular weight excluding hydrogens is 180 g/mol. The number of rotatable bonds is 1. The molecule has 0 saturated heterocycles. The van der Waals surface area contributed by atoms with Crippen LogP contribution in [0.5, 0.6) is 0 Å². The van der Waals surface area contributed by atoms with Gasteiger partial charge in [-0.1, -0.05) is 19.3 Å². The normalized spacial score (nSPS) is 42.9. The molecule has 80 valence electrons. The summed E-state index contributed by atoms with van der Waals surface area (Å²) in [4.78, 5) is 11.1. The van der Waals surface area contributed by atoms with E-state index < -0.39 is 11.6 Å². The molecule has 2 saturated carbocycles. The van der Waals surface area contributed by atoms with Crippen molar-refractivity contribution in [3.8, 4) is 0 Å². The van der Waals surface area contributed by atoms with Crippen LogP contribution in [-0.2, 0) is 4.79 Å². The van der Waals surface area contributed by atoms with Crippen LogP contribution in [0, 0.1) is 11.8 Å². The lowest BCUT2D eigenvalue weighted by Gasteiger charge is -2.44. The van der Waals surface area contributed by atoms with Gasteiger partial charge in [-0.15, -0.1) is 0 Å². The van der Waals surface area contributed by atoms with Crippen molar-refractivity contribution < 1.29 is 15.0 Å². The topological polar surface area (TPSA) is 57.5 Å². The fourth-order valence-electron chi connectivity index (χ4n) is 3.27. The molecule has 0 aromatic heterocycles. The van der Waals surface area contributed by atoms with Crippen molar-refractivity contribution in [3.63, 3.8) is 0 Å². The first kappa shape index (κ1) is 9.97. The minimum atomic E-state index is -1.41. The Hall–Kier alpha value is -0.570. The molecule has 0 bridgehead atoms. The van der Waals surface area contributed by atoms with Crippen LogP contribution in [0.3, 0.4) is 0 Å². The molecule has 3 atom stereocenters. The van der Waals surface area contributed by atoms with Crippen LogP contribution >= 0.6 is 0 Å². The van der Waals surface area contributed by atoms with E-state index in [2.05, 4.69) is 0 Å². The van der Waals surface area contributed by atoms with Crippen molar-refractivity contribution in [1.29, 1.82) is 0 Å². The Bertz CT molecular complexity index is 237. The number of carbonyl (C=O) groups is 1. The number of aliphatic carboxylic acids is 1. The SMILES string of the molecule is O=C(O)[C@@]1(O)CCC[C@@H]2CCCC[C@@H]21. The molecule has 2 rings (SSSR count). The maximum Gasteiger partial charge on any atom is 0.335 e. The summed E-state index contributed by atoms with van der Waals surface area (Å²) in [5.74, 6) is -0.532. The summed E-state index contributed by atoms with van der Waals surface area (Å²) < 4.78 is 0. The fourth-order valence-corrected chi connectivity index (χ4v) is 3.27. The second-order valence-electron chi connectivity index (χ2n) is 4.77. The van der Waals surface area contributed by atoms with Gasteiger partial charge in [0.2, 0.25) is 0 Å². The number of carboxylic acids is 1. The van der Waals surface area contributed by atoms with Crippen LogP contribution < -0.4 is 0 Å². The number of aliphatic hydroxyl groups is 1. The van der Waals surface area contributed by atoms with Gasteiger partial charge in [-0.3, -0.25) is 0 Å². The second-order valence-corrected chi connectivity index (χ2v) is 4.77. The van der Waals surface area contributed by atoms with E-state index in [4.69, 9.17) is 5.11 Å². The third-order valence-electron chi connectivity index (χ3n) is 4.03. The molecule has 2 N–H and O–H groups in total. The lowest BCUT2D eigenvalue weighted by Crippen LogP contribution is -2.52. The molecule has 0 aromatic rings. The number of carboxylic acid groups (broad SMARTS) is 1. The minimum Gasteiger partial charge on any atom is -0.479 e. The Morgan fingerprint density at radius 1 is 1.14 bits per heavy atom. The predicted octanol–water partition coefficient (Wildman–Crippen LogP) is 1.79. The Morgan fingerprint density at radius 3 is 2.50 bits per heavy atom. The Labute approximate surface area is 84.1 Å². The fraction of sp³-hybridized carbons (Fsp3) is 0.909. The van der Waals surface area contributed by atoms with Crippen LogP contribution in [0.25, 0.3) is 0 Å². The monoisotopic (exact) mass is 198 g/mol. The van der Waals surface area contributed by atoms with Crippen LogP contribution in [0.4, 0.5) is 0 Å². The van der Waals surface area contributed by atoms with Crippen LogP contribution in [-0.4, -0.2) is 21.8 Å². The maximum atomic E-state index is 11.1. The molecule has 0 aromatic carbocycles. The van der Waals surface area contributed by atoms with Crippen LogP contribution in [0.15, 0.2) is 0 Å². The molecule has 0 amide bonds. The molecule has 14 heavy (non-hydrogen) atoms. The lowest BCUT2D eigenvalue weighted by atomic mass is 9.63. The van der Waals surface area contributed by atoms with Gasteiger partial charge in [0.1, 0.15) is 0 Å².